The summed E-state index contributed by atoms with van der Waals surface area (Å²) >= 11 is 5.90. The number of aromatic amines is 2. The standard InChI is InChI=1S/C20H16ClN3O6S/c1-2-29-20(26)30-16-10-22-18-17(16)14-9-12(6-7-15(14)23-19(18)25)24-31(27,28)13-5-3-4-11(21)8-13/h3-10,22,24H,2H2,1H3,(H,23,25). The van der Waals surface area contributed by atoms with Crippen molar-refractivity contribution < 1.29 is 22.7 Å². The molecule has 0 saturated carbocycles. The quantitative estimate of drug-likeness (QED) is 0.385. The van der Waals surface area contributed by atoms with Gasteiger partial charge in [-0.05, 0) is 43.3 Å². The van der Waals surface area contributed by atoms with Gasteiger partial charge in [0.15, 0.2) is 5.75 Å². The molecule has 2 heterocycles. The Bertz CT molecular complexity index is 1480. The number of pyridine rings is 1. The normalized spacial score (nSPS) is 11.5. The molecule has 0 aliphatic carbocycles. The highest BCUT2D eigenvalue weighted by Crippen LogP contribution is 2.32. The van der Waals surface area contributed by atoms with E-state index >= 15 is 0 Å². The first-order valence-electron chi connectivity index (χ1n) is 9.08. The first kappa shape index (κ1) is 20.8. The van der Waals surface area contributed by atoms with Crippen molar-refractivity contribution in [2.45, 2.75) is 11.8 Å². The number of hydrogen-bond acceptors (Lipinski definition) is 6. The molecular formula is C20H16ClN3O6S. The van der Waals surface area contributed by atoms with E-state index in [4.69, 9.17) is 21.1 Å². The topological polar surface area (TPSA) is 130 Å². The molecule has 4 aromatic rings. The molecule has 4 rings (SSSR count). The molecule has 11 heteroatoms. The first-order valence-corrected chi connectivity index (χ1v) is 10.9. The summed E-state index contributed by atoms with van der Waals surface area (Å²) in [6, 6.07) is 10.4. The predicted octanol–water partition coefficient (Wildman–Crippen LogP) is 4.00. The van der Waals surface area contributed by atoms with E-state index in [2.05, 4.69) is 14.7 Å². The van der Waals surface area contributed by atoms with Gasteiger partial charge in [0.05, 0.1) is 16.9 Å². The van der Waals surface area contributed by atoms with Gasteiger partial charge in [0.1, 0.15) is 5.52 Å². The van der Waals surface area contributed by atoms with Gasteiger partial charge in [0.25, 0.3) is 15.6 Å². The highest BCUT2D eigenvalue weighted by molar-refractivity contribution is 7.92. The Morgan fingerprint density at radius 3 is 2.74 bits per heavy atom. The third kappa shape index (κ3) is 4.07. The fraction of sp³-hybridized carbons (Fsp3) is 0.100. The summed E-state index contributed by atoms with van der Waals surface area (Å²) in [7, 11) is -3.91. The van der Waals surface area contributed by atoms with E-state index in [-0.39, 0.29) is 33.5 Å². The zero-order valence-corrected chi connectivity index (χ0v) is 17.6. The summed E-state index contributed by atoms with van der Waals surface area (Å²) in [5, 5.41) is 1.06. The Morgan fingerprint density at radius 2 is 2.00 bits per heavy atom. The molecule has 0 spiro atoms. The average molecular weight is 462 g/mol. The third-order valence-electron chi connectivity index (χ3n) is 4.42. The number of H-pyrrole nitrogens is 2. The van der Waals surface area contributed by atoms with Crippen molar-refractivity contribution >= 4 is 55.3 Å². The van der Waals surface area contributed by atoms with Gasteiger partial charge in [-0.3, -0.25) is 9.52 Å². The minimum absolute atomic E-state index is 0.000287. The number of rotatable bonds is 5. The molecule has 0 amide bonds. The molecular weight excluding hydrogens is 446 g/mol. The van der Waals surface area contributed by atoms with E-state index in [9.17, 15) is 18.0 Å². The van der Waals surface area contributed by atoms with Crippen LogP contribution >= 0.6 is 11.6 Å². The van der Waals surface area contributed by atoms with Crippen LogP contribution in [0.1, 0.15) is 6.92 Å². The van der Waals surface area contributed by atoms with Gasteiger partial charge < -0.3 is 19.4 Å². The summed E-state index contributed by atoms with van der Waals surface area (Å²) < 4.78 is 37.9. The van der Waals surface area contributed by atoms with Crippen LogP contribution in [0.4, 0.5) is 10.5 Å². The Hall–Kier alpha value is -3.50. The lowest BCUT2D eigenvalue weighted by Crippen LogP contribution is -2.13. The number of ether oxygens (including phenoxy) is 2. The molecule has 0 radical (unpaired) electrons. The monoisotopic (exact) mass is 461 g/mol. The van der Waals surface area contributed by atoms with Gasteiger partial charge in [0, 0.05) is 27.8 Å². The summed E-state index contributed by atoms with van der Waals surface area (Å²) in [5.41, 5.74) is 0.413. The lowest BCUT2D eigenvalue weighted by atomic mass is 10.1. The minimum atomic E-state index is -3.91. The second-order valence-electron chi connectivity index (χ2n) is 6.47. The predicted molar refractivity (Wildman–Crippen MR) is 116 cm³/mol. The van der Waals surface area contributed by atoms with E-state index in [0.717, 1.165) is 0 Å². The first-order chi connectivity index (χ1) is 14.8. The second kappa shape index (κ2) is 7.97. The number of anilines is 1. The molecule has 3 N–H and O–H groups in total. The lowest BCUT2D eigenvalue weighted by molar-refractivity contribution is 0.105. The maximum absolute atomic E-state index is 12.7. The van der Waals surface area contributed by atoms with Gasteiger partial charge in [-0.2, -0.15) is 0 Å². The van der Waals surface area contributed by atoms with E-state index in [1.165, 1.54) is 36.5 Å². The molecule has 160 valence electrons. The van der Waals surface area contributed by atoms with Crippen molar-refractivity contribution in [1.82, 2.24) is 9.97 Å². The Labute approximate surface area is 181 Å². The van der Waals surface area contributed by atoms with Gasteiger partial charge in [0.2, 0.25) is 0 Å². The van der Waals surface area contributed by atoms with Crippen molar-refractivity contribution in [3.8, 4) is 5.75 Å². The number of carbonyl (C=O) groups excluding carboxylic acids is 1. The number of halogens is 1. The van der Waals surface area contributed by atoms with Crippen molar-refractivity contribution in [3.05, 3.63) is 64.0 Å². The summed E-state index contributed by atoms with van der Waals surface area (Å²) in [6.45, 7) is 1.76. The van der Waals surface area contributed by atoms with Crippen molar-refractivity contribution in [2.75, 3.05) is 11.3 Å². The molecule has 0 atom stereocenters. The van der Waals surface area contributed by atoms with E-state index < -0.39 is 21.7 Å². The molecule has 2 aromatic carbocycles. The summed E-state index contributed by atoms with van der Waals surface area (Å²) in [5.74, 6) is 0.0828. The molecule has 2 aromatic heterocycles. The largest absolute Gasteiger partial charge is 0.513 e. The van der Waals surface area contributed by atoms with Gasteiger partial charge in [-0.1, -0.05) is 17.7 Å². The number of fused-ring (bicyclic) bond motifs is 3. The van der Waals surface area contributed by atoms with Crippen LogP contribution in [0, 0.1) is 0 Å². The van der Waals surface area contributed by atoms with Crippen LogP contribution in [-0.2, 0) is 14.8 Å². The highest BCUT2D eigenvalue weighted by atomic mass is 35.5. The van der Waals surface area contributed by atoms with E-state index in [1.54, 1.807) is 19.1 Å². The molecule has 0 fully saturated rings. The highest BCUT2D eigenvalue weighted by Gasteiger charge is 2.18. The number of aromatic nitrogens is 2. The summed E-state index contributed by atoms with van der Waals surface area (Å²) in [4.78, 5) is 29.6. The van der Waals surface area contributed by atoms with Crippen LogP contribution in [0.5, 0.6) is 5.75 Å². The van der Waals surface area contributed by atoms with E-state index in [0.29, 0.717) is 16.3 Å². The molecule has 0 aliphatic rings. The van der Waals surface area contributed by atoms with Crippen LogP contribution in [-0.4, -0.2) is 31.1 Å². The average Bonchev–Trinajstić information content (AvgIpc) is 3.13. The number of hydrogen-bond donors (Lipinski definition) is 3. The van der Waals surface area contributed by atoms with Crippen LogP contribution < -0.4 is 15.0 Å². The zero-order valence-electron chi connectivity index (χ0n) is 16.1. The SMILES string of the molecule is CCOC(=O)Oc1c[nH]c2c(=O)[nH]c3ccc(NS(=O)(=O)c4cccc(Cl)c4)cc3c12. The van der Waals surface area contributed by atoms with Gasteiger partial charge in [-0.15, -0.1) is 0 Å². The minimum Gasteiger partial charge on any atom is -0.434 e. The Balaban J connectivity index is 1.81. The number of benzene rings is 2. The molecule has 0 aliphatic heterocycles. The molecule has 0 saturated heterocycles. The molecule has 0 bridgehead atoms. The van der Waals surface area contributed by atoms with Crippen LogP contribution in [0.2, 0.25) is 5.02 Å². The van der Waals surface area contributed by atoms with Crippen LogP contribution in [0.15, 0.2) is 58.4 Å². The maximum atomic E-state index is 12.7. The maximum Gasteiger partial charge on any atom is 0.513 e. The second-order valence-corrected chi connectivity index (χ2v) is 8.58. The number of carbonyl (C=O) groups is 1. The van der Waals surface area contributed by atoms with Gasteiger partial charge in [-0.25, -0.2) is 13.2 Å². The van der Waals surface area contributed by atoms with Crippen LogP contribution in [0.25, 0.3) is 21.8 Å². The van der Waals surface area contributed by atoms with Crippen molar-refractivity contribution in [3.63, 3.8) is 0 Å². The van der Waals surface area contributed by atoms with Crippen molar-refractivity contribution in [1.29, 1.82) is 0 Å². The van der Waals surface area contributed by atoms with Gasteiger partial charge >= 0.3 is 6.16 Å². The van der Waals surface area contributed by atoms with Crippen LogP contribution in [0.3, 0.4) is 0 Å². The lowest BCUT2D eigenvalue weighted by Gasteiger charge is -2.10. The molecule has 9 nitrogen and oxygen atoms in total. The van der Waals surface area contributed by atoms with E-state index in [1.807, 2.05) is 0 Å². The Kier molecular flexibility index (Phi) is 5.34. The van der Waals surface area contributed by atoms with Crippen molar-refractivity contribution in [2.24, 2.45) is 0 Å². The number of nitrogens with one attached hydrogen (secondary N) is 3. The Morgan fingerprint density at radius 1 is 1.19 bits per heavy atom. The molecule has 0 unspecified atom stereocenters. The number of sulfonamides is 1. The smallest absolute Gasteiger partial charge is 0.434 e. The fourth-order valence-corrected chi connectivity index (χ4v) is 4.48. The summed E-state index contributed by atoms with van der Waals surface area (Å²) in [6.07, 6.45) is 0.439. The zero-order chi connectivity index (χ0) is 22.2. The fourth-order valence-electron chi connectivity index (χ4n) is 3.13. The third-order valence-corrected chi connectivity index (χ3v) is 6.04. The molecule has 31 heavy (non-hydrogen) atoms.